The van der Waals surface area contributed by atoms with E-state index in [1.807, 2.05) is 19.9 Å². The van der Waals surface area contributed by atoms with E-state index in [0.29, 0.717) is 30.8 Å². The van der Waals surface area contributed by atoms with Gasteiger partial charge in [-0.25, -0.2) is 4.39 Å². The fraction of sp³-hybridized carbons (Fsp3) is 0.462. The number of nitrogens with zero attached hydrogens (tertiary/aromatic N) is 1. The summed E-state index contributed by atoms with van der Waals surface area (Å²) in [5.74, 6) is -0.290. The lowest BCUT2D eigenvalue weighted by atomic mass is 10.1. The van der Waals surface area contributed by atoms with Crippen molar-refractivity contribution in [2.45, 2.75) is 26.5 Å². The number of ether oxygens (including phenoxy) is 1. The van der Waals surface area contributed by atoms with E-state index in [1.54, 1.807) is 6.07 Å². The SMILES string of the molecule is CC(C)OCCNCc1cc(C#N)ccc1F. The summed E-state index contributed by atoms with van der Waals surface area (Å²) >= 11 is 0. The Morgan fingerprint density at radius 2 is 2.24 bits per heavy atom. The molecule has 0 aliphatic heterocycles. The van der Waals surface area contributed by atoms with Crippen molar-refractivity contribution in [3.63, 3.8) is 0 Å². The van der Waals surface area contributed by atoms with Crippen molar-refractivity contribution in [1.29, 1.82) is 5.26 Å². The molecule has 0 atom stereocenters. The Balaban J connectivity index is 2.39. The van der Waals surface area contributed by atoms with Gasteiger partial charge < -0.3 is 10.1 Å². The second-order valence-corrected chi connectivity index (χ2v) is 4.01. The first-order chi connectivity index (χ1) is 8.13. The molecule has 0 unspecified atom stereocenters. The highest BCUT2D eigenvalue weighted by molar-refractivity contribution is 5.33. The van der Waals surface area contributed by atoms with Gasteiger partial charge in [-0.15, -0.1) is 0 Å². The third kappa shape index (κ3) is 4.94. The molecule has 1 aromatic rings. The first kappa shape index (κ1) is 13.6. The predicted octanol–water partition coefficient (Wildman–Crippen LogP) is 2.21. The molecule has 0 aliphatic carbocycles. The van der Waals surface area contributed by atoms with E-state index in [-0.39, 0.29) is 11.9 Å². The van der Waals surface area contributed by atoms with Crippen molar-refractivity contribution in [2.24, 2.45) is 0 Å². The zero-order valence-corrected chi connectivity index (χ0v) is 10.2. The molecule has 1 rings (SSSR count). The number of nitrogens with one attached hydrogen (secondary N) is 1. The Morgan fingerprint density at radius 3 is 2.88 bits per heavy atom. The molecule has 3 nitrogen and oxygen atoms in total. The lowest BCUT2D eigenvalue weighted by Crippen LogP contribution is -2.21. The Hall–Kier alpha value is -1.44. The minimum Gasteiger partial charge on any atom is -0.377 e. The number of halogens is 1. The molecular formula is C13H17FN2O. The Morgan fingerprint density at radius 1 is 1.47 bits per heavy atom. The fourth-order valence-corrected chi connectivity index (χ4v) is 1.37. The number of hydrogen-bond acceptors (Lipinski definition) is 3. The molecule has 0 aromatic heterocycles. The first-order valence-corrected chi connectivity index (χ1v) is 5.64. The van der Waals surface area contributed by atoms with E-state index >= 15 is 0 Å². The van der Waals surface area contributed by atoms with E-state index in [4.69, 9.17) is 10.00 Å². The van der Waals surface area contributed by atoms with E-state index < -0.39 is 0 Å². The highest BCUT2D eigenvalue weighted by Crippen LogP contribution is 2.09. The van der Waals surface area contributed by atoms with Gasteiger partial charge in [-0.3, -0.25) is 0 Å². The molecule has 1 N–H and O–H groups in total. The van der Waals surface area contributed by atoms with Gasteiger partial charge in [-0.1, -0.05) is 0 Å². The standard InChI is InChI=1S/C13H17FN2O/c1-10(2)17-6-5-16-9-12-7-11(8-15)3-4-13(12)14/h3-4,7,10,16H,5-6,9H2,1-2H3. The van der Waals surface area contributed by atoms with Crippen LogP contribution in [0.25, 0.3) is 0 Å². The molecule has 0 amide bonds. The zero-order valence-electron chi connectivity index (χ0n) is 10.2. The summed E-state index contributed by atoms with van der Waals surface area (Å²) in [5.41, 5.74) is 0.982. The summed E-state index contributed by atoms with van der Waals surface area (Å²) in [6.45, 7) is 5.60. The molecule has 0 heterocycles. The summed E-state index contributed by atoms with van der Waals surface area (Å²) < 4.78 is 18.7. The number of nitriles is 1. The van der Waals surface area contributed by atoms with Crippen LogP contribution in [-0.2, 0) is 11.3 Å². The molecule has 0 aliphatic rings. The monoisotopic (exact) mass is 236 g/mol. The first-order valence-electron chi connectivity index (χ1n) is 5.64. The van der Waals surface area contributed by atoms with E-state index in [1.165, 1.54) is 12.1 Å². The molecule has 1 aromatic carbocycles. The van der Waals surface area contributed by atoms with E-state index in [0.717, 1.165) is 0 Å². The minimum atomic E-state index is -0.290. The van der Waals surface area contributed by atoms with Crippen molar-refractivity contribution in [1.82, 2.24) is 5.32 Å². The maximum atomic E-state index is 13.4. The van der Waals surface area contributed by atoms with Crippen LogP contribution in [0.5, 0.6) is 0 Å². The maximum Gasteiger partial charge on any atom is 0.127 e. The third-order valence-corrected chi connectivity index (χ3v) is 2.22. The summed E-state index contributed by atoms with van der Waals surface area (Å²) in [6.07, 6.45) is 0.204. The van der Waals surface area contributed by atoms with Crippen molar-refractivity contribution < 1.29 is 9.13 Å². The van der Waals surface area contributed by atoms with Crippen LogP contribution in [0.4, 0.5) is 4.39 Å². The van der Waals surface area contributed by atoms with Gasteiger partial charge in [0.05, 0.1) is 24.3 Å². The predicted molar refractivity (Wildman–Crippen MR) is 63.9 cm³/mol. The van der Waals surface area contributed by atoms with Gasteiger partial charge in [-0.2, -0.15) is 5.26 Å². The van der Waals surface area contributed by atoms with E-state index in [9.17, 15) is 4.39 Å². The van der Waals surface area contributed by atoms with Gasteiger partial charge in [-0.05, 0) is 32.0 Å². The molecular weight excluding hydrogens is 219 g/mol. The van der Waals surface area contributed by atoms with Gasteiger partial charge in [0.25, 0.3) is 0 Å². The van der Waals surface area contributed by atoms with Crippen LogP contribution < -0.4 is 5.32 Å². The molecule has 0 fully saturated rings. The van der Waals surface area contributed by atoms with Gasteiger partial charge in [0.2, 0.25) is 0 Å². The fourth-order valence-electron chi connectivity index (χ4n) is 1.37. The zero-order chi connectivity index (χ0) is 12.7. The van der Waals surface area contributed by atoms with Crippen molar-refractivity contribution in [3.8, 4) is 6.07 Å². The quantitative estimate of drug-likeness (QED) is 0.770. The van der Waals surface area contributed by atoms with Crippen LogP contribution in [0.15, 0.2) is 18.2 Å². The molecule has 0 bridgehead atoms. The van der Waals surface area contributed by atoms with Crippen molar-refractivity contribution >= 4 is 0 Å². The highest BCUT2D eigenvalue weighted by atomic mass is 19.1. The average molecular weight is 236 g/mol. The van der Waals surface area contributed by atoms with Crippen LogP contribution in [-0.4, -0.2) is 19.3 Å². The second-order valence-electron chi connectivity index (χ2n) is 4.01. The molecule has 0 radical (unpaired) electrons. The molecule has 0 saturated heterocycles. The summed E-state index contributed by atoms with van der Waals surface area (Å²) in [4.78, 5) is 0. The van der Waals surface area contributed by atoms with Crippen LogP contribution in [0, 0.1) is 17.1 Å². The van der Waals surface area contributed by atoms with Crippen LogP contribution in [0.3, 0.4) is 0 Å². The van der Waals surface area contributed by atoms with Gasteiger partial charge in [0, 0.05) is 18.7 Å². The van der Waals surface area contributed by atoms with Crippen LogP contribution in [0.1, 0.15) is 25.0 Å². The highest BCUT2D eigenvalue weighted by Gasteiger charge is 2.03. The van der Waals surface area contributed by atoms with Crippen LogP contribution in [0.2, 0.25) is 0 Å². The topological polar surface area (TPSA) is 45.0 Å². The van der Waals surface area contributed by atoms with Gasteiger partial charge in [0.1, 0.15) is 5.82 Å². The molecule has 0 spiro atoms. The number of benzene rings is 1. The molecule has 4 heteroatoms. The maximum absolute atomic E-state index is 13.4. The Bertz CT molecular complexity index is 399. The average Bonchev–Trinajstić information content (AvgIpc) is 2.30. The number of rotatable bonds is 6. The second kappa shape index (κ2) is 7.00. The lowest BCUT2D eigenvalue weighted by molar-refractivity contribution is 0.0806. The van der Waals surface area contributed by atoms with Crippen molar-refractivity contribution in [2.75, 3.05) is 13.2 Å². The summed E-state index contributed by atoms with van der Waals surface area (Å²) in [5, 5.41) is 11.8. The summed E-state index contributed by atoms with van der Waals surface area (Å²) in [6, 6.07) is 6.35. The molecule has 0 saturated carbocycles. The third-order valence-electron chi connectivity index (χ3n) is 2.22. The van der Waals surface area contributed by atoms with Gasteiger partial charge in [0.15, 0.2) is 0 Å². The van der Waals surface area contributed by atoms with Crippen LogP contribution >= 0.6 is 0 Å². The summed E-state index contributed by atoms with van der Waals surface area (Å²) in [7, 11) is 0. The molecule has 17 heavy (non-hydrogen) atoms. The smallest absolute Gasteiger partial charge is 0.127 e. The normalized spacial score (nSPS) is 10.5. The lowest BCUT2D eigenvalue weighted by Gasteiger charge is -2.09. The Kier molecular flexibility index (Phi) is 5.61. The molecule has 92 valence electrons. The largest absolute Gasteiger partial charge is 0.377 e. The number of hydrogen-bond donors (Lipinski definition) is 1. The minimum absolute atomic E-state index is 0.204. The Labute approximate surface area is 101 Å². The van der Waals surface area contributed by atoms with Gasteiger partial charge >= 0.3 is 0 Å². The van der Waals surface area contributed by atoms with E-state index in [2.05, 4.69) is 5.32 Å². The van der Waals surface area contributed by atoms with Crippen molar-refractivity contribution in [3.05, 3.63) is 35.1 Å².